The minimum atomic E-state index is -0.0533. The number of rotatable bonds is 6. The summed E-state index contributed by atoms with van der Waals surface area (Å²) in [5.74, 6) is 1.79. The summed E-state index contributed by atoms with van der Waals surface area (Å²) in [5.41, 5.74) is -0.0533. The summed E-state index contributed by atoms with van der Waals surface area (Å²) in [5, 5.41) is 0. The van der Waals surface area contributed by atoms with E-state index in [1.165, 1.54) is 12.8 Å². The molecule has 0 N–H and O–H groups in total. The number of hydrogen-bond donors (Lipinski definition) is 0. The van der Waals surface area contributed by atoms with E-state index in [0.717, 1.165) is 18.3 Å². The molecular formula is C15H31NO. The lowest BCUT2D eigenvalue weighted by Gasteiger charge is -2.32. The van der Waals surface area contributed by atoms with Gasteiger partial charge in [0.1, 0.15) is 0 Å². The lowest BCUT2D eigenvalue weighted by Crippen LogP contribution is -2.42. The summed E-state index contributed by atoms with van der Waals surface area (Å²) >= 11 is 0. The number of carbonyl (C=O) groups excluding carboxylic acids is 1. The van der Waals surface area contributed by atoms with Gasteiger partial charge in [0, 0.05) is 19.0 Å². The van der Waals surface area contributed by atoms with Gasteiger partial charge in [0.2, 0.25) is 5.91 Å². The van der Waals surface area contributed by atoms with E-state index in [2.05, 4.69) is 41.5 Å². The third-order valence-electron chi connectivity index (χ3n) is 3.82. The fraction of sp³-hybridized carbons (Fsp3) is 0.933. The summed E-state index contributed by atoms with van der Waals surface area (Å²) in [7, 11) is 1.90. The summed E-state index contributed by atoms with van der Waals surface area (Å²) in [6, 6.07) is 0. The first-order valence-corrected chi connectivity index (χ1v) is 6.93. The molecule has 0 aliphatic carbocycles. The Balaban J connectivity index is 3.80. The molecule has 0 aromatic heterocycles. The monoisotopic (exact) mass is 241 g/mol. The second kappa shape index (κ2) is 7.03. The van der Waals surface area contributed by atoms with Gasteiger partial charge in [-0.05, 0) is 39.0 Å². The average molecular weight is 241 g/mol. The maximum atomic E-state index is 11.9. The normalized spacial score (nSPS) is 13.9. The predicted molar refractivity (Wildman–Crippen MR) is 75.0 cm³/mol. The molecule has 0 spiro atoms. The molecule has 0 saturated heterocycles. The van der Waals surface area contributed by atoms with Crippen LogP contribution >= 0.6 is 0 Å². The summed E-state index contributed by atoms with van der Waals surface area (Å²) in [6.45, 7) is 13.1. The molecule has 0 aliphatic heterocycles. The van der Waals surface area contributed by atoms with Crippen LogP contribution in [0.3, 0.4) is 0 Å². The molecule has 2 heteroatoms. The van der Waals surface area contributed by atoms with Crippen LogP contribution < -0.4 is 0 Å². The summed E-state index contributed by atoms with van der Waals surface area (Å²) in [6.07, 6.45) is 4.13. The van der Waals surface area contributed by atoms with E-state index >= 15 is 0 Å². The zero-order valence-corrected chi connectivity index (χ0v) is 12.8. The Morgan fingerprint density at radius 2 is 1.65 bits per heavy atom. The van der Waals surface area contributed by atoms with Crippen molar-refractivity contribution in [1.82, 2.24) is 4.90 Å². The van der Waals surface area contributed by atoms with Crippen molar-refractivity contribution in [3.05, 3.63) is 0 Å². The van der Waals surface area contributed by atoms with Crippen LogP contribution in [0, 0.1) is 11.8 Å². The summed E-state index contributed by atoms with van der Waals surface area (Å²) in [4.78, 5) is 13.8. The lowest BCUT2D eigenvalue weighted by molar-refractivity contribution is -0.134. The van der Waals surface area contributed by atoms with Gasteiger partial charge in [-0.1, -0.05) is 33.6 Å². The first kappa shape index (κ1) is 16.5. The molecule has 0 heterocycles. The van der Waals surface area contributed by atoms with Crippen LogP contribution in [-0.4, -0.2) is 23.4 Å². The molecule has 0 aliphatic rings. The minimum Gasteiger partial charge on any atom is -0.341 e. The smallest absolute Gasteiger partial charge is 0.222 e. The number of carbonyl (C=O) groups is 1. The molecule has 0 bridgehead atoms. The molecule has 1 amide bonds. The van der Waals surface area contributed by atoms with Crippen LogP contribution in [0.2, 0.25) is 0 Å². The Kier molecular flexibility index (Phi) is 6.81. The largest absolute Gasteiger partial charge is 0.341 e. The van der Waals surface area contributed by atoms with Crippen molar-refractivity contribution in [2.75, 3.05) is 7.05 Å². The Labute approximate surface area is 108 Å². The highest BCUT2D eigenvalue weighted by Gasteiger charge is 2.21. The lowest BCUT2D eigenvalue weighted by atomic mass is 9.92. The molecule has 0 aromatic rings. The van der Waals surface area contributed by atoms with E-state index in [9.17, 15) is 4.79 Å². The Morgan fingerprint density at radius 1 is 1.12 bits per heavy atom. The van der Waals surface area contributed by atoms with Crippen molar-refractivity contribution in [2.24, 2.45) is 11.8 Å². The molecule has 1 atom stereocenters. The number of unbranched alkanes of at least 4 members (excludes halogenated alkanes) is 1. The Bertz CT molecular complexity index is 228. The molecule has 17 heavy (non-hydrogen) atoms. The van der Waals surface area contributed by atoms with Gasteiger partial charge in [-0.3, -0.25) is 4.79 Å². The molecule has 0 unspecified atom stereocenters. The number of nitrogens with zero attached hydrogens (tertiary/aromatic N) is 1. The van der Waals surface area contributed by atoms with E-state index in [4.69, 9.17) is 0 Å². The number of amides is 1. The first-order chi connectivity index (χ1) is 7.66. The molecule has 0 rings (SSSR count). The molecule has 0 radical (unpaired) electrons. The van der Waals surface area contributed by atoms with Gasteiger partial charge in [0.15, 0.2) is 0 Å². The van der Waals surface area contributed by atoms with Gasteiger partial charge < -0.3 is 4.90 Å². The Hall–Kier alpha value is -0.530. The van der Waals surface area contributed by atoms with Crippen molar-refractivity contribution in [1.29, 1.82) is 0 Å². The highest BCUT2D eigenvalue weighted by atomic mass is 16.2. The van der Waals surface area contributed by atoms with Gasteiger partial charge >= 0.3 is 0 Å². The maximum Gasteiger partial charge on any atom is 0.222 e. The van der Waals surface area contributed by atoms with E-state index in [-0.39, 0.29) is 11.4 Å². The number of hydrogen-bond acceptors (Lipinski definition) is 1. The topological polar surface area (TPSA) is 20.3 Å². The molecule has 0 aromatic carbocycles. The molecule has 0 saturated carbocycles. The maximum absolute atomic E-state index is 11.9. The average Bonchev–Trinajstić information content (AvgIpc) is 2.20. The zero-order chi connectivity index (χ0) is 13.6. The quantitative estimate of drug-likeness (QED) is 0.641. The van der Waals surface area contributed by atoms with E-state index in [1.807, 2.05) is 11.9 Å². The summed E-state index contributed by atoms with van der Waals surface area (Å²) < 4.78 is 0. The molecular weight excluding hydrogens is 210 g/mol. The van der Waals surface area contributed by atoms with E-state index in [0.29, 0.717) is 6.42 Å². The minimum absolute atomic E-state index is 0.0533. The van der Waals surface area contributed by atoms with Crippen LogP contribution in [-0.2, 0) is 4.79 Å². The van der Waals surface area contributed by atoms with Crippen molar-refractivity contribution >= 4 is 5.91 Å². The van der Waals surface area contributed by atoms with Crippen LogP contribution in [0.4, 0.5) is 0 Å². The van der Waals surface area contributed by atoms with E-state index < -0.39 is 0 Å². The van der Waals surface area contributed by atoms with E-state index in [1.54, 1.807) is 0 Å². The Morgan fingerprint density at radius 3 is 2.06 bits per heavy atom. The first-order valence-electron chi connectivity index (χ1n) is 6.93. The molecule has 102 valence electrons. The van der Waals surface area contributed by atoms with Gasteiger partial charge in [-0.25, -0.2) is 0 Å². The highest BCUT2D eigenvalue weighted by Crippen LogP contribution is 2.18. The van der Waals surface area contributed by atoms with Crippen molar-refractivity contribution < 1.29 is 4.79 Å². The third kappa shape index (κ3) is 6.70. The van der Waals surface area contributed by atoms with Crippen molar-refractivity contribution in [2.45, 2.75) is 72.8 Å². The van der Waals surface area contributed by atoms with Crippen LogP contribution in [0.15, 0.2) is 0 Å². The fourth-order valence-electron chi connectivity index (χ4n) is 1.62. The van der Waals surface area contributed by atoms with Gasteiger partial charge in [-0.2, -0.15) is 0 Å². The van der Waals surface area contributed by atoms with Crippen LogP contribution in [0.25, 0.3) is 0 Å². The predicted octanol–water partition coefficient (Wildman–Crippen LogP) is 4.10. The van der Waals surface area contributed by atoms with Crippen molar-refractivity contribution in [3.8, 4) is 0 Å². The molecule has 0 fully saturated rings. The standard InChI is InChI=1S/C15H31NO/c1-12(2)13(3)10-8-9-11-14(17)16(7)15(4,5)6/h12-13H,8-11H2,1-7H3/t13-/m1/s1. The van der Waals surface area contributed by atoms with Crippen LogP contribution in [0.1, 0.15) is 67.2 Å². The third-order valence-corrected chi connectivity index (χ3v) is 3.82. The second-order valence-corrected chi connectivity index (χ2v) is 6.59. The van der Waals surface area contributed by atoms with Gasteiger partial charge in [0.25, 0.3) is 0 Å². The second-order valence-electron chi connectivity index (χ2n) is 6.59. The van der Waals surface area contributed by atoms with Gasteiger partial charge in [0.05, 0.1) is 0 Å². The molecule has 2 nitrogen and oxygen atoms in total. The zero-order valence-electron chi connectivity index (χ0n) is 12.8. The van der Waals surface area contributed by atoms with Crippen molar-refractivity contribution in [3.63, 3.8) is 0 Å². The highest BCUT2D eigenvalue weighted by molar-refractivity contribution is 5.76. The SMILES string of the molecule is CC(C)[C@H](C)CCCCC(=O)N(C)C(C)(C)C. The fourth-order valence-corrected chi connectivity index (χ4v) is 1.62. The van der Waals surface area contributed by atoms with Crippen LogP contribution in [0.5, 0.6) is 0 Å². The van der Waals surface area contributed by atoms with Gasteiger partial charge in [-0.15, -0.1) is 0 Å².